The van der Waals surface area contributed by atoms with E-state index in [4.69, 9.17) is 0 Å². The molecule has 1 aromatic rings. The van der Waals surface area contributed by atoms with Crippen LogP contribution in [0.25, 0.3) is 0 Å². The Bertz CT molecular complexity index is 539. The van der Waals surface area contributed by atoms with Gasteiger partial charge in [0.1, 0.15) is 4.90 Å². The molecule has 2 N–H and O–H groups in total. The van der Waals surface area contributed by atoms with Crippen LogP contribution in [-0.4, -0.2) is 21.0 Å². The number of benzene rings is 1. The summed E-state index contributed by atoms with van der Waals surface area (Å²) < 4.78 is 27.2. The second-order valence-corrected chi connectivity index (χ2v) is 7.25. The maximum atomic E-state index is 12.3. The lowest BCUT2D eigenvalue weighted by atomic mass is 9.80. The molecule has 0 aliphatic heterocycles. The molecule has 0 radical (unpaired) electrons. The second kappa shape index (κ2) is 6.59. The lowest BCUT2D eigenvalue weighted by molar-refractivity contribution is 0.285. The Hall–Kier alpha value is -1.07. The van der Waals surface area contributed by atoms with Gasteiger partial charge in [-0.1, -0.05) is 25.5 Å². The van der Waals surface area contributed by atoms with Gasteiger partial charge < -0.3 is 5.32 Å². The summed E-state index contributed by atoms with van der Waals surface area (Å²) in [6.07, 6.45) is 4.54. The van der Waals surface area contributed by atoms with E-state index in [1.54, 1.807) is 12.1 Å². The molecule has 0 heterocycles. The van der Waals surface area contributed by atoms with Crippen molar-refractivity contribution in [3.8, 4) is 0 Å². The molecule has 0 spiro atoms. The molecule has 1 aliphatic carbocycles. The van der Waals surface area contributed by atoms with Crippen molar-refractivity contribution in [2.75, 3.05) is 11.9 Å². The summed E-state index contributed by atoms with van der Waals surface area (Å²) in [4.78, 5) is 0.347. The average Bonchev–Trinajstić information content (AvgIpc) is 2.34. The number of rotatable bonds is 7. The van der Waals surface area contributed by atoms with Crippen molar-refractivity contribution in [2.24, 2.45) is 5.92 Å². The minimum absolute atomic E-state index is 0.311. The topological polar surface area (TPSA) is 58.2 Å². The van der Waals surface area contributed by atoms with E-state index in [1.807, 2.05) is 19.1 Å². The minimum Gasteiger partial charge on any atom is -0.381 e. The largest absolute Gasteiger partial charge is 0.381 e. The van der Waals surface area contributed by atoms with Crippen LogP contribution in [0.5, 0.6) is 0 Å². The first-order chi connectivity index (χ1) is 9.54. The van der Waals surface area contributed by atoms with Gasteiger partial charge in [0.15, 0.2) is 0 Å². The number of sulfonamides is 1. The number of hydrogen-bond donors (Lipinski definition) is 2. The lowest BCUT2D eigenvalue weighted by Crippen LogP contribution is -2.32. The predicted molar refractivity (Wildman–Crippen MR) is 82.3 cm³/mol. The molecule has 1 fully saturated rings. The molecule has 112 valence electrons. The third-order valence-electron chi connectivity index (χ3n) is 3.96. The summed E-state index contributed by atoms with van der Waals surface area (Å²) in [6, 6.07) is 7.45. The van der Waals surface area contributed by atoms with E-state index in [9.17, 15) is 8.42 Å². The van der Waals surface area contributed by atoms with Gasteiger partial charge in [-0.3, -0.25) is 0 Å². The third kappa shape index (κ3) is 3.52. The Morgan fingerprint density at radius 2 is 2.00 bits per heavy atom. The van der Waals surface area contributed by atoms with Crippen LogP contribution >= 0.6 is 0 Å². The van der Waals surface area contributed by atoms with Gasteiger partial charge in [0.05, 0.1) is 5.69 Å². The second-order valence-electron chi connectivity index (χ2n) is 5.52. The lowest BCUT2D eigenvalue weighted by Gasteiger charge is -2.33. The normalized spacial score (nSPS) is 17.5. The monoisotopic (exact) mass is 296 g/mol. The highest BCUT2D eigenvalue weighted by Gasteiger charge is 2.25. The van der Waals surface area contributed by atoms with Crippen molar-refractivity contribution in [2.45, 2.75) is 50.5 Å². The quantitative estimate of drug-likeness (QED) is 0.813. The molecule has 1 aliphatic rings. The van der Waals surface area contributed by atoms with Gasteiger partial charge in [0.25, 0.3) is 0 Å². The highest BCUT2D eigenvalue weighted by molar-refractivity contribution is 7.89. The Morgan fingerprint density at radius 1 is 1.30 bits per heavy atom. The number of para-hydroxylation sites is 1. The average molecular weight is 296 g/mol. The van der Waals surface area contributed by atoms with Gasteiger partial charge in [0.2, 0.25) is 10.0 Å². The van der Waals surface area contributed by atoms with Crippen LogP contribution in [0.3, 0.4) is 0 Å². The Labute approximate surface area is 122 Å². The van der Waals surface area contributed by atoms with Crippen LogP contribution in [0.1, 0.15) is 39.5 Å². The predicted octanol–water partition coefficient (Wildman–Crippen LogP) is 2.98. The van der Waals surface area contributed by atoms with Gasteiger partial charge in [-0.25, -0.2) is 13.1 Å². The van der Waals surface area contributed by atoms with Crippen LogP contribution < -0.4 is 10.0 Å². The zero-order valence-corrected chi connectivity index (χ0v) is 13.0. The molecule has 20 heavy (non-hydrogen) atoms. The molecule has 5 heteroatoms. The fourth-order valence-corrected chi connectivity index (χ4v) is 3.74. The summed E-state index contributed by atoms with van der Waals surface area (Å²) in [5.74, 6) is 0.661. The van der Waals surface area contributed by atoms with Gasteiger partial charge in [-0.15, -0.1) is 0 Å². The standard InChI is InChI=1S/C15H24N2O2S/c1-3-11-16-20(18,19)15-10-5-4-9-14(15)17-12(2)13-7-6-8-13/h4-5,9-10,12-13,16-17H,3,6-8,11H2,1-2H3. The Morgan fingerprint density at radius 3 is 2.60 bits per heavy atom. The minimum atomic E-state index is -3.43. The van der Waals surface area contributed by atoms with E-state index in [1.165, 1.54) is 19.3 Å². The summed E-state index contributed by atoms with van der Waals surface area (Å²) in [5, 5.41) is 3.38. The van der Waals surface area contributed by atoms with E-state index in [0.29, 0.717) is 29.1 Å². The van der Waals surface area contributed by atoms with Crippen molar-refractivity contribution in [3.05, 3.63) is 24.3 Å². The van der Waals surface area contributed by atoms with Gasteiger partial charge in [-0.05, 0) is 44.2 Å². The molecular weight excluding hydrogens is 272 g/mol. The van der Waals surface area contributed by atoms with Crippen molar-refractivity contribution in [1.82, 2.24) is 4.72 Å². The van der Waals surface area contributed by atoms with Crippen LogP contribution in [-0.2, 0) is 10.0 Å². The first-order valence-electron chi connectivity index (χ1n) is 7.40. The van der Waals surface area contributed by atoms with Gasteiger partial charge in [0, 0.05) is 12.6 Å². The summed E-state index contributed by atoms with van der Waals surface area (Å²) >= 11 is 0. The van der Waals surface area contributed by atoms with Crippen LogP contribution in [0, 0.1) is 5.92 Å². The van der Waals surface area contributed by atoms with Crippen molar-refractivity contribution < 1.29 is 8.42 Å². The molecule has 1 aromatic carbocycles. The summed E-state index contributed by atoms with van der Waals surface area (Å²) in [6.45, 7) is 4.55. The van der Waals surface area contributed by atoms with E-state index in [-0.39, 0.29) is 0 Å². The molecule has 4 nitrogen and oxygen atoms in total. The highest BCUT2D eigenvalue weighted by atomic mass is 32.2. The molecule has 1 atom stereocenters. The summed E-state index contributed by atoms with van der Waals surface area (Å²) in [5.41, 5.74) is 0.704. The molecular formula is C15H24N2O2S. The Kier molecular flexibility index (Phi) is 5.05. The maximum Gasteiger partial charge on any atom is 0.242 e. The van der Waals surface area contributed by atoms with Crippen LogP contribution in [0.2, 0.25) is 0 Å². The van der Waals surface area contributed by atoms with Crippen LogP contribution in [0.15, 0.2) is 29.2 Å². The molecule has 0 aromatic heterocycles. The zero-order chi connectivity index (χ0) is 14.6. The number of anilines is 1. The number of nitrogens with one attached hydrogen (secondary N) is 2. The van der Waals surface area contributed by atoms with Gasteiger partial charge in [-0.2, -0.15) is 0 Å². The Balaban J connectivity index is 2.17. The molecule has 0 saturated heterocycles. The molecule has 1 unspecified atom stereocenters. The van der Waals surface area contributed by atoms with Gasteiger partial charge >= 0.3 is 0 Å². The number of hydrogen-bond acceptors (Lipinski definition) is 3. The fourth-order valence-electron chi connectivity index (χ4n) is 2.44. The van der Waals surface area contributed by atoms with E-state index in [2.05, 4.69) is 17.0 Å². The SMILES string of the molecule is CCCNS(=O)(=O)c1ccccc1NC(C)C1CCC1. The van der Waals surface area contributed by atoms with E-state index in [0.717, 1.165) is 6.42 Å². The van der Waals surface area contributed by atoms with E-state index >= 15 is 0 Å². The molecule has 0 bridgehead atoms. The van der Waals surface area contributed by atoms with Crippen molar-refractivity contribution in [1.29, 1.82) is 0 Å². The zero-order valence-electron chi connectivity index (χ0n) is 12.2. The first-order valence-corrected chi connectivity index (χ1v) is 8.88. The molecule has 1 saturated carbocycles. The highest BCUT2D eigenvalue weighted by Crippen LogP contribution is 2.32. The molecule has 2 rings (SSSR count). The summed E-state index contributed by atoms with van der Waals surface area (Å²) in [7, 11) is -3.43. The smallest absolute Gasteiger partial charge is 0.242 e. The van der Waals surface area contributed by atoms with Crippen molar-refractivity contribution in [3.63, 3.8) is 0 Å². The third-order valence-corrected chi connectivity index (χ3v) is 5.48. The van der Waals surface area contributed by atoms with Crippen molar-refractivity contribution >= 4 is 15.7 Å². The fraction of sp³-hybridized carbons (Fsp3) is 0.600. The first kappa shape index (κ1) is 15.3. The van der Waals surface area contributed by atoms with E-state index < -0.39 is 10.0 Å². The van der Waals surface area contributed by atoms with Crippen LogP contribution in [0.4, 0.5) is 5.69 Å². The maximum absolute atomic E-state index is 12.3. The molecule has 0 amide bonds.